The van der Waals surface area contributed by atoms with E-state index in [-0.39, 0.29) is 17.4 Å². The fourth-order valence-electron chi connectivity index (χ4n) is 3.53. The topological polar surface area (TPSA) is 66.7 Å². The number of amides is 1. The summed E-state index contributed by atoms with van der Waals surface area (Å²) in [6.45, 7) is 3.30. The molecule has 1 fully saturated rings. The monoisotopic (exact) mass is 425 g/mol. The van der Waals surface area contributed by atoms with Crippen LogP contribution >= 0.6 is 11.3 Å². The SMILES string of the molecule is O=C(c1cccc([N+](=O)[O-])c1)N1CCN(Cc2ccc(-c3ccccc3F)s2)CC1. The normalized spacial score (nSPS) is 14.6. The third kappa shape index (κ3) is 4.39. The minimum absolute atomic E-state index is 0.0807. The van der Waals surface area contributed by atoms with E-state index in [1.807, 2.05) is 18.2 Å². The second-order valence-corrected chi connectivity index (χ2v) is 8.29. The lowest BCUT2D eigenvalue weighted by Gasteiger charge is -2.34. The number of carbonyl (C=O) groups excluding carboxylic acids is 1. The standard InChI is InChI=1S/C22H20FN3O3S/c23-20-7-2-1-6-19(20)21-9-8-18(30-21)15-24-10-12-25(13-11-24)22(27)16-4-3-5-17(14-16)26(28)29/h1-9,14H,10-13,15H2. The number of hydrogen-bond donors (Lipinski definition) is 0. The van der Waals surface area contributed by atoms with E-state index in [9.17, 15) is 19.3 Å². The Morgan fingerprint density at radius 3 is 2.53 bits per heavy atom. The van der Waals surface area contributed by atoms with Crippen LogP contribution < -0.4 is 0 Å². The minimum Gasteiger partial charge on any atom is -0.336 e. The van der Waals surface area contributed by atoms with Crippen LogP contribution in [0.1, 0.15) is 15.2 Å². The summed E-state index contributed by atoms with van der Waals surface area (Å²) in [5, 5.41) is 10.9. The minimum atomic E-state index is -0.495. The molecule has 154 valence electrons. The Balaban J connectivity index is 1.35. The van der Waals surface area contributed by atoms with Crippen molar-refractivity contribution < 1.29 is 14.1 Å². The van der Waals surface area contributed by atoms with Crippen LogP contribution in [-0.2, 0) is 6.54 Å². The van der Waals surface area contributed by atoms with Crippen LogP contribution in [0, 0.1) is 15.9 Å². The van der Waals surface area contributed by atoms with Crippen LogP contribution in [0.2, 0.25) is 0 Å². The smallest absolute Gasteiger partial charge is 0.270 e. The highest BCUT2D eigenvalue weighted by atomic mass is 32.1. The zero-order valence-electron chi connectivity index (χ0n) is 16.2. The summed E-state index contributed by atoms with van der Waals surface area (Å²) in [6, 6.07) is 16.6. The molecule has 1 aliphatic heterocycles. The number of nitro benzene ring substituents is 1. The van der Waals surface area contributed by atoms with Crippen molar-refractivity contribution in [2.75, 3.05) is 26.2 Å². The number of thiophene rings is 1. The van der Waals surface area contributed by atoms with Gasteiger partial charge in [-0.25, -0.2) is 4.39 Å². The largest absolute Gasteiger partial charge is 0.336 e. The maximum Gasteiger partial charge on any atom is 0.270 e. The molecular weight excluding hydrogens is 405 g/mol. The molecule has 0 bridgehead atoms. The summed E-state index contributed by atoms with van der Waals surface area (Å²) in [4.78, 5) is 29.2. The molecule has 6 nitrogen and oxygen atoms in total. The van der Waals surface area contributed by atoms with E-state index in [0.29, 0.717) is 37.3 Å². The van der Waals surface area contributed by atoms with Gasteiger partial charge in [-0.2, -0.15) is 0 Å². The fraction of sp³-hybridized carbons (Fsp3) is 0.227. The zero-order chi connectivity index (χ0) is 21.1. The molecule has 0 aliphatic carbocycles. The van der Waals surface area contributed by atoms with Crippen molar-refractivity contribution in [3.05, 3.63) is 87.0 Å². The first-order chi connectivity index (χ1) is 14.5. The summed E-state index contributed by atoms with van der Waals surface area (Å²) < 4.78 is 14.0. The summed E-state index contributed by atoms with van der Waals surface area (Å²) in [5.74, 6) is -0.407. The van der Waals surface area contributed by atoms with Crippen LogP contribution in [0.4, 0.5) is 10.1 Å². The number of hydrogen-bond acceptors (Lipinski definition) is 5. The van der Waals surface area contributed by atoms with Gasteiger partial charge in [0.2, 0.25) is 0 Å². The number of piperazine rings is 1. The number of carbonyl (C=O) groups is 1. The van der Waals surface area contributed by atoms with Gasteiger partial charge in [0, 0.05) is 65.7 Å². The fourth-order valence-corrected chi connectivity index (χ4v) is 4.61. The molecule has 1 saturated heterocycles. The van der Waals surface area contributed by atoms with E-state index in [4.69, 9.17) is 0 Å². The molecule has 1 aromatic heterocycles. The van der Waals surface area contributed by atoms with Gasteiger partial charge in [0.15, 0.2) is 0 Å². The lowest BCUT2D eigenvalue weighted by atomic mass is 10.1. The van der Waals surface area contributed by atoms with E-state index >= 15 is 0 Å². The molecule has 4 rings (SSSR count). The molecule has 0 N–H and O–H groups in total. The van der Waals surface area contributed by atoms with Crippen molar-refractivity contribution in [3.8, 4) is 10.4 Å². The van der Waals surface area contributed by atoms with Crippen molar-refractivity contribution in [2.24, 2.45) is 0 Å². The Hall–Kier alpha value is -3.10. The quantitative estimate of drug-likeness (QED) is 0.448. The number of halogens is 1. The maximum absolute atomic E-state index is 14.0. The lowest BCUT2D eigenvalue weighted by molar-refractivity contribution is -0.384. The van der Waals surface area contributed by atoms with Crippen LogP contribution in [0.25, 0.3) is 10.4 Å². The molecule has 1 aliphatic rings. The third-order valence-corrected chi connectivity index (χ3v) is 6.25. The van der Waals surface area contributed by atoms with Gasteiger partial charge in [-0.1, -0.05) is 24.3 Å². The first kappa shape index (κ1) is 20.2. The van der Waals surface area contributed by atoms with Gasteiger partial charge in [0.25, 0.3) is 11.6 Å². The molecule has 2 heterocycles. The number of nitro groups is 1. The third-order valence-electron chi connectivity index (χ3n) is 5.14. The molecule has 0 saturated carbocycles. The molecule has 8 heteroatoms. The number of benzene rings is 2. The summed E-state index contributed by atoms with van der Waals surface area (Å²) in [7, 11) is 0. The van der Waals surface area contributed by atoms with E-state index in [2.05, 4.69) is 4.90 Å². The van der Waals surface area contributed by atoms with Crippen molar-refractivity contribution in [3.63, 3.8) is 0 Å². The molecule has 0 spiro atoms. The number of non-ortho nitro benzene ring substituents is 1. The molecule has 2 aromatic carbocycles. The second kappa shape index (κ2) is 8.73. The first-order valence-electron chi connectivity index (χ1n) is 9.61. The molecule has 1 amide bonds. The highest BCUT2D eigenvalue weighted by Crippen LogP contribution is 2.30. The highest BCUT2D eigenvalue weighted by molar-refractivity contribution is 7.15. The van der Waals surface area contributed by atoms with E-state index in [0.717, 1.165) is 16.3 Å². The Labute approximate surface area is 177 Å². The van der Waals surface area contributed by atoms with Crippen molar-refractivity contribution >= 4 is 22.9 Å². The average molecular weight is 425 g/mol. The second-order valence-electron chi connectivity index (χ2n) is 7.12. The highest BCUT2D eigenvalue weighted by Gasteiger charge is 2.23. The Morgan fingerprint density at radius 1 is 1.03 bits per heavy atom. The van der Waals surface area contributed by atoms with Crippen LogP contribution in [0.5, 0.6) is 0 Å². The lowest BCUT2D eigenvalue weighted by Crippen LogP contribution is -2.48. The van der Waals surface area contributed by atoms with E-state index in [1.54, 1.807) is 34.4 Å². The van der Waals surface area contributed by atoms with Gasteiger partial charge >= 0.3 is 0 Å². The zero-order valence-corrected chi connectivity index (χ0v) is 17.0. The van der Waals surface area contributed by atoms with Gasteiger partial charge in [-0.05, 0) is 24.3 Å². The van der Waals surface area contributed by atoms with Gasteiger partial charge in [-0.15, -0.1) is 11.3 Å². The molecule has 3 aromatic rings. The predicted molar refractivity (Wildman–Crippen MR) is 114 cm³/mol. The van der Waals surface area contributed by atoms with Gasteiger partial charge in [0.1, 0.15) is 5.82 Å². The Bertz CT molecular complexity index is 1080. The summed E-state index contributed by atoms with van der Waals surface area (Å²) >= 11 is 1.58. The predicted octanol–water partition coefficient (Wildman–Crippen LogP) is 4.42. The Morgan fingerprint density at radius 2 is 1.80 bits per heavy atom. The van der Waals surface area contributed by atoms with Crippen molar-refractivity contribution in [2.45, 2.75) is 6.54 Å². The molecule has 0 radical (unpaired) electrons. The molecule has 30 heavy (non-hydrogen) atoms. The summed E-state index contributed by atoms with van der Waals surface area (Å²) in [5.41, 5.74) is 0.870. The average Bonchev–Trinajstić information content (AvgIpc) is 3.22. The van der Waals surface area contributed by atoms with E-state index < -0.39 is 4.92 Å². The number of nitrogens with zero attached hydrogens (tertiary/aromatic N) is 3. The van der Waals surface area contributed by atoms with E-state index in [1.165, 1.54) is 24.3 Å². The Kier molecular flexibility index (Phi) is 5.87. The van der Waals surface area contributed by atoms with Crippen LogP contribution in [-0.4, -0.2) is 46.8 Å². The van der Waals surface area contributed by atoms with Gasteiger partial charge in [-0.3, -0.25) is 19.8 Å². The maximum atomic E-state index is 14.0. The van der Waals surface area contributed by atoms with Crippen molar-refractivity contribution in [1.29, 1.82) is 0 Å². The molecular formula is C22H20FN3O3S. The van der Waals surface area contributed by atoms with Gasteiger partial charge in [0.05, 0.1) is 4.92 Å². The number of rotatable bonds is 5. The first-order valence-corrected chi connectivity index (χ1v) is 10.4. The molecule has 0 atom stereocenters. The molecule has 0 unspecified atom stereocenters. The van der Waals surface area contributed by atoms with Gasteiger partial charge < -0.3 is 4.90 Å². The van der Waals surface area contributed by atoms with Crippen LogP contribution in [0.15, 0.2) is 60.7 Å². The summed E-state index contributed by atoms with van der Waals surface area (Å²) in [6.07, 6.45) is 0. The van der Waals surface area contributed by atoms with Crippen molar-refractivity contribution in [1.82, 2.24) is 9.80 Å². The van der Waals surface area contributed by atoms with Crippen LogP contribution in [0.3, 0.4) is 0 Å².